The Labute approximate surface area is 144 Å². The number of carbonyl (C=O) groups excluding carboxylic acids is 1. The molecule has 0 spiro atoms. The van der Waals surface area contributed by atoms with Crippen LogP contribution in [0.2, 0.25) is 0 Å². The average Bonchev–Trinajstić information content (AvgIpc) is 3.13. The Morgan fingerprint density at radius 3 is 2.92 bits per heavy atom. The van der Waals surface area contributed by atoms with Crippen LogP contribution in [-0.4, -0.2) is 20.3 Å². The lowest BCUT2D eigenvalue weighted by molar-refractivity contribution is -0.114. The second-order valence-electron chi connectivity index (χ2n) is 6.20. The summed E-state index contributed by atoms with van der Waals surface area (Å²) >= 11 is 0. The van der Waals surface area contributed by atoms with Crippen LogP contribution < -0.4 is 5.32 Å². The van der Waals surface area contributed by atoms with Gasteiger partial charge < -0.3 is 8.82 Å². The summed E-state index contributed by atoms with van der Waals surface area (Å²) in [6, 6.07) is 10.3. The van der Waals surface area contributed by atoms with Crippen molar-refractivity contribution >= 4 is 28.7 Å². The van der Waals surface area contributed by atoms with Crippen molar-refractivity contribution in [3.05, 3.63) is 59.5 Å². The van der Waals surface area contributed by atoms with Crippen LogP contribution in [0.15, 0.2) is 47.1 Å². The number of anilines is 1. The maximum absolute atomic E-state index is 11.1. The van der Waals surface area contributed by atoms with Gasteiger partial charge in [0.25, 0.3) is 0 Å². The Bertz CT molecular complexity index is 1080. The number of benzene rings is 1. The zero-order valence-corrected chi connectivity index (χ0v) is 14.1. The van der Waals surface area contributed by atoms with E-state index in [1.807, 2.05) is 28.8 Å². The number of aromatic nitrogens is 3. The number of hydrogen-bond acceptors (Lipinski definition) is 4. The van der Waals surface area contributed by atoms with Crippen LogP contribution in [0.25, 0.3) is 16.7 Å². The van der Waals surface area contributed by atoms with Gasteiger partial charge in [-0.05, 0) is 55.2 Å². The first-order chi connectivity index (χ1) is 12.1. The number of rotatable bonds is 4. The van der Waals surface area contributed by atoms with E-state index in [1.165, 1.54) is 12.5 Å². The number of nitrogens with zero attached hydrogens (tertiary/aromatic N) is 3. The van der Waals surface area contributed by atoms with Gasteiger partial charge in [-0.2, -0.15) is 4.98 Å². The molecule has 1 N–H and O–H groups in total. The number of carbonyl (C=O) groups is 1. The number of oxazole rings is 1. The predicted molar refractivity (Wildman–Crippen MR) is 95.6 cm³/mol. The maximum atomic E-state index is 11.1. The SMILES string of the molecule is CC(=O)Nc1nc2ccc(CCc3cn4ccc(C)cc4n3)cc2o1. The minimum Gasteiger partial charge on any atom is -0.423 e. The third-order valence-corrected chi connectivity index (χ3v) is 4.07. The number of amides is 1. The largest absolute Gasteiger partial charge is 0.423 e. The standard InChI is InChI=1S/C19H18N4O2/c1-12-7-8-23-11-15(21-18(23)9-12)5-3-14-4-6-16-17(10-14)25-19(22-16)20-13(2)24/h4,6-11H,3,5H2,1-2H3,(H,20,22,24). The van der Waals surface area contributed by atoms with Crippen molar-refractivity contribution in [3.63, 3.8) is 0 Å². The van der Waals surface area contributed by atoms with Gasteiger partial charge >= 0.3 is 6.01 Å². The van der Waals surface area contributed by atoms with Crippen molar-refractivity contribution in [1.29, 1.82) is 0 Å². The fourth-order valence-corrected chi connectivity index (χ4v) is 2.86. The molecule has 0 aliphatic rings. The number of fused-ring (bicyclic) bond motifs is 2. The van der Waals surface area contributed by atoms with Gasteiger partial charge in [-0.25, -0.2) is 4.98 Å². The Kier molecular flexibility index (Phi) is 3.72. The second kappa shape index (κ2) is 6.05. The van der Waals surface area contributed by atoms with Crippen LogP contribution in [0.4, 0.5) is 6.01 Å². The Morgan fingerprint density at radius 2 is 2.08 bits per heavy atom. The third kappa shape index (κ3) is 3.24. The van der Waals surface area contributed by atoms with E-state index in [1.54, 1.807) is 0 Å². The molecule has 3 heterocycles. The first kappa shape index (κ1) is 15.4. The molecule has 1 aromatic carbocycles. The van der Waals surface area contributed by atoms with E-state index >= 15 is 0 Å². The fraction of sp³-hybridized carbons (Fsp3) is 0.211. The lowest BCUT2D eigenvalue weighted by Crippen LogP contribution is -2.05. The van der Waals surface area contributed by atoms with Crippen LogP contribution in [0, 0.1) is 6.92 Å². The molecule has 1 amide bonds. The summed E-state index contributed by atoms with van der Waals surface area (Å²) in [5.74, 6) is -0.200. The van der Waals surface area contributed by atoms with Crippen molar-refractivity contribution in [2.75, 3.05) is 5.32 Å². The topological polar surface area (TPSA) is 72.4 Å². The van der Waals surface area contributed by atoms with E-state index < -0.39 is 0 Å². The highest BCUT2D eigenvalue weighted by Crippen LogP contribution is 2.21. The van der Waals surface area contributed by atoms with Gasteiger partial charge in [0.15, 0.2) is 5.58 Å². The number of hydrogen-bond donors (Lipinski definition) is 1. The molecule has 0 saturated heterocycles. The second-order valence-corrected chi connectivity index (χ2v) is 6.20. The Hall–Kier alpha value is -3.15. The van der Waals surface area contributed by atoms with Crippen LogP contribution in [0.1, 0.15) is 23.7 Å². The smallest absolute Gasteiger partial charge is 0.302 e. The molecule has 0 aliphatic heterocycles. The Balaban J connectivity index is 1.52. The summed E-state index contributed by atoms with van der Waals surface area (Å²) in [6.45, 7) is 3.49. The summed E-state index contributed by atoms with van der Waals surface area (Å²) in [5.41, 5.74) is 5.78. The van der Waals surface area contributed by atoms with Crippen LogP contribution >= 0.6 is 0 Å². The molecular weight excluding hydrogens is 316 g/mol. The minimum atomic E-state index is -0.200. The molecule has 0 radical (unpaired) electrons. The monoisotopic (exact) mass is 334 g/mol. The van der Waals surface area contributed by atoms with Crippen LogP contribution in [0.3, 0.4) is 0 Å². The molecule has 0 saturated carbocycles. The minimum absolute atomic E-state index is 0.200. The van der Waals surface area contributed by atoms with Crippen LogP contribution in [-0.2, 0) is 17.6 Å². The predicted octanol–water partition coefficient (Wildman–Crippen LogP) is 3.53. The molecular formula is C19H18N4O2. The van der Waals surface area contributed by atoms with Crippen molar-refractivity contribution < 1.29 is 9.21 Å². The zero-order chi connectivity index (χ0) is 17.4. The molecule has 4 aromatic rings. The molecule has 0 fully saturated rings. The highest BCUT2D eigenvalue weighted by Gasteiger charge is 2.08. The number of pyridine rings is 1. The van der Waals surface area contributed by atoms with Gasteiger partial charge in [-0.15, -0.1) is 0 Å². The van der Waals surface area contributed by atoms with E-state index in [9.17, 15) is 4.79 Å². The van der Waals surface area contributed by atoms with Gasteiger partial charge in [0.2, 0.25) is 5.91 Å². The quantitative estimate of drug-likeness (QED) is 0.620. The highest BCUT2D eigenvalue weighted by atomic mass is 16.4. The number of imidazole rings is 1. The molecule has 6 heteroatoms. The summed E-state index contributed by atoms with van der Waals surface area (Å²) in [6.07, 6.45) is 5.80. The molecule has 6 nitrogen and oxygen atoms in total. The molecule has 4 rings (SSSR count). The van der Waals surface area contributed by atoms with Gasteiger partial charge in [0.05, 0.1) is 5.69 Å². The summed E-state index contributed by atoms with van der Waals surface area (Å²) in [7, 11) is 0. The summed E-state index contributed by atoms with van der Waals surface area (Å²) < 4.78 is 7.61. The van der Waals surface area contributed by atoms with Gasteiger partial charge in [0.1, 0.15) is 11.2 Å². The molecule has 3 aromatic heterocycles. The van der Waals surface area contributed by atoms with E-state index in [0.29, 0.717) is 5.58 Å². The molecule has 0 bridgehead atoms. The molecule has 25 heavy (non-hydrogen) atoms. The molecule has 0 aliphatic carbocycles. The third-order valence-electron chi connectivity index (χ3n) is 4.07. The fourth-order valence-electron chi connectivity index (χ4n) is 2.86. The molecule has 0 atom stereocenters. The number of aryl methyl sites for hydroxylation is 3. The van der Waals surface area contributed by atoms with Gasteiger partial charge in [0, 0.05) is 19.3 Å². The van der Waals surface area contributed by atoms with E-state index in [-0.39, 0.29) is 11.9 Å². The van der Waals surface area contributed by atoms with E-state index in [2.05, 4.69) is 40.5 Å². The van der Waals surface area contributed by atoms with Crippen molar-refractivity contribution in [1.82, 2.24) is 14.4 Å². The normalized spacial score (nSPS) is 11.3. The van der Waals surface area contributed by atoms with Gasteiger partial charge in [-0.1, -0.05) is 6.07 Å². The summed E-state index contributed by atoms with van der Waals surface area (Å²) in [5, 5.41) is 2.56. The zero-order valence-electron chi connectivity index (χ0n) is 14.1. The molecule has 0 unspecified atom stereocenters. The lowest BCUT2D eigenvalue weighted by atomic mass is 10.1. The van der Waals surface area contributed by atoms with Crippen LogP contribution in [0.5, 0.6) is 0 Å². The highest BCUT2D eigenvalue weighted by molar-refractivity contribution is 5.88. The van der Waals surface area contributed by atoms with E-state index in [4.69, 9.17) is 4.42 Å². The number of nitrogens with one attached hydrogen (secondary N) is 1. The lowest BCUT2D eigenvalue weighted by Gasteiger charge is -1.98. The molecule has 126 valence electrons. The van der Waals surface area contributed by atoms with E-state index in [0.717, 1.165) is 35.3 Å². The summed E-state index contributed by atoms with van der Waals surface area (Å²) in [4.78, 5) is 20.0. The first-order valence-electron chi connectivity index (χ1n) is 8.18. The van der Waals surface area contributed by atoms with Crippen molar-refractivity contribution in [2.24, 2.45) is 0 Å². The van der Waals surface area contributed by atoms with Crippen molar-refractivity contribution in [3.8, 4) is 0 Å². The average molecular weight is 334 g/mol. The maximum Gasteiger partial charge on any atom is 0.302 e. The van der Waals surface area contributed by atoms with Crippen molar-refractivity contribution in [2.45, 2.75) is 26.7 Å². The first-order valence-corrected chi connectivity index (χ1v) is 8.18. The van der Waals surface area contributed by atoms with Gasteiger partial charge in [-0.3, -0.25) is 10.1 Å². The Morgan fingerprint density at radius 1 is 1.20 bits per heavy atom.